The number of benzene rings is 3. The molecule has 30 heavy (non-hydrogen) atoms. The lowest BCUT2D eigenvalue weighted by Crippen LogP contribution is -1.98. The van der Waals surface area contributed by atoms with Gasteiger partial charge in [0.2, 0.25) is 0 Å². The van der Waals surface area contributed by atoms with Gasteiger partial charge in [0.25, 0.3) is 0 Å². The van der Waals surface area contributed by atoms with Gasteiger partial charge in [-0.05, 0) is 55.3 Å². The van der Waals surface area contributed by atoms with Gasteiger partial charge in [0.1, 0.15) is 5.82 Å². The second kappa shape index (κ2) is 7.23. The van der Waals surface area contributed by atoms with E-state index in [0.29, 0.717) is 0 Å². The summed E-state index contributed by atoms with van der Waals surface area (Å²) >= 11 is 0. The molecule has 0 spiro atoms. The molecule has 0 N–H and O–H groups in total. The van der Waals surface area contributed by atoms with Crippen molar-refractivity contribution in [2.75, 3.05) is 0 Å². The predicted octanol–water partition coefficient (Wildman–Crippen LogP) is 6.51. The van der Waals surface area contributed by atoms with Crippen LogP contribution in [0.5, 0.6) is 0 Å². The molecule has 5 aromatic rings. The van der Waals surface area contributed by atoms with E-state index in [-0.39, 0.29) is 5.82 Å². The number of halogens is 1. The highest BCUT2D eigenvalue weighted by molar-refractivity contribution is 5.97. The topological polar surface area (TPSA) is 30.7 Å². The van der Waals surface area contributed by atoms with Crippen molar-refractivity contribution in [3.8, 4) is 28.1 Å². The highest BCUT2D eigenvalue weighted by Crippen LogP contribution is 2.35. The summed E-state index contributed by atoms with van der Waals surface area (Å²) in [5, 5.41) is 5.77. The molecule has 0 fully saturated rings. The third-order valence-corrected chi connectivity index (χ3v) is 5.32. The molecule has 0 aliphatic carbocycles. The lowest BCUT2D eigenvalue weighted by atomic mass is 9.99. The zero-order valence-electron chi connectivity index (χ0n) is 16.8. The Morgan fingerprint density at radius 2 is 1.43 bits per heavy atom. The van der Waals surface area contributed by atoms with Crippen LogP contribution in [0.4, 0.5) is 4.39 Å². The summed E-state index contributed by atoms with van der Waals surface area (Å²) in [5.74, 6) is -0.250. The smallest absolute Gasteiger partial charge is 0.164 e. The Balaban J connectivity index is 1.83. The molecule has 2 heterocycles. The normalized spacial score (nSPS) is 11.2. The van der Waals surface area contributed by atoms with E-state index < -0.39 is 0 Å². The molecule has 0 atom stereocenters. The first-order valence-electron chi connectivity index (χ1n) is 9.89. The van der Waals surface area contributed by atoms with E-state index in [2.05, 4.69) is 37.3 Å². The quantitative estimate of drug-likeness (QED) is 0.350. The second-order valence-electron chi connectivity index (χ2n) is 7.46. The maximum atomic E-state index is 13.6. The number of nitrogens with zero attached hydrogens (tertiary/aromatic N) is 3. The Labute approximate surface area is 174 Å². The maximum absolute atomic E-state index is 13.6. The third-order valence-electron chi connectivity index (χ3n) is 5.32. The Morgan fingerprint density at radius 3 is 2.13 bits per heavy atom. The molecule has 0 unspecified atom stereocenters. The van der Waals surface area contributed by atoms with Crippen molar-refractivity contribution in [3.05, 3.63) is 102 Å². The number of hydrogen-bond donors (Lipinski definition) is 0. The van der Waals surface area contributed by atoms with Crippen LogP contribution in [-0.2, 0) is 0 Å². The largest absolute Gasteiger partial charge is 0.228 e. The minimum atomic E-state index is -0.250. The van der Waals surface area contributed by atoms with Crippen LogP contribution >= 0.6 is 0 Å². The fraction of sp³-hybridized carbons (Fsp3) is 0.0769. The fourth-order valence-electron chi connectivity index (χ4n) is 3.77. The minimum Gasteiger partial charge on any atom is -0.228 e. The number of hydrogen-bond acceptors (Lipinski definition) is 2. The summed E-state index contributed by atoms with van der Waals surface area (Å²) in [7, 11) is 0. The summed E-state index contributed by atoms with van der Waals surface area (Å²) < 4.78 is 15.5. The molecule has 2 aromatic heterocycles. The van der Waals surface area contributed by atoms with Crippen LogP contribution < -0.4 is 0 Å². The van der Waals surface area contributed by atoms with E-state index in [1.165, 1.54) is 17.7 Å². The van der Waals surface area contributed by atoms with E-state index in [4.69, 9.17) is 10.1 Å². The molecule has 3 nitrogen and oxygen atoms in total. The minimum absolute atomic E-state index is 0.250. The summed E-state index contributed by atoms with van der Waals surface area (Å²) in [6.45, 7) is 4.06. The first-order valence-corrected chi connectivity index (χ1v) is 9.89. The van der Waals surface area contributed by atoms with Crippen LogP contribution in [0.25, 0.3) is 39.1 Å². The van der Waals surface area contributed by atoms with Crippen molar-refractivity contribution >= 4 is 11.0 Å². The van der Waals surface area contributed by atoms with E-state index in [9.17, 15) is 4.39 Å². The van der Waals surface area contributed by atoms with Gasteiger partial charge in [-0.25, -0.2) is 14.1 Å². The summed E-state index contributed by atoms with van der Waals surface area (Å²) in [6.07, 6.45) is 0. The SMILES string of the molecule is Cc1ccc(-c2cc(-c3ccc(F)cc3)c3c(C)nn(-c4ccccc4)c3n2)cc1. The molecule has 0 bridgehead atoms. The molecule has 0 aliphatic heterocycles. The highest BCUT2D eigenvalue weighted by atomic mass is 19.1. The molecule has 0 saturated carbocycles. The van der Waals surface area contributed by atoms with Crippen LogP contribution in [0, 0.1) is 19.7 Å². The average Bonchev–Trinajstić information content (AvgIpc) is 3.11. The maximum Gasteiger partial charge on any atom is 0.164 e. The zero-order valence-corrected chi connectivity index (χ0v) is 16.8. The summed E-state index contributed by atoms with van der Waals surface area (Å²) in [5.41, 5.74) is 7.65. The molecule has 146 valence electrons. The van der Waals surface area contributed by atoms with Crippen LogP contribution in [0.2, 0.25) is 0 Å². The van der Waals surface area contributed by atoms with E-state index in [1.807, 2.05) is 54.1 Å². The lowest BCUT2D eigenvalue weighted by Gasteiger charge is -2.10. The number of aryl methyl sites for hydroxylation is 2. The standard InChI is InChI=1S/C26H20FN3/c1-17-8-10-20(11-9-17)24-16-23(19-12-14-21(27)15-13-19)25-18(2)29-30(26(25)28-24)22-6-4-3-5-7-22/h3-16H,1-2H3. The molecule has 0 saturated heterocycles. The highest BCUT2D eigenvalue weighted by Gasteiger charge is 2.18. The predicted molar refractivity (Wildman–Crippen MR) is 119 cm³/mol. The molecule has 5 rings (SSSR count). The van der Waals surface area contributed by atoms with Crippen LogP contribution in [-0.4, -0.2) is 14.8 Å². The fourth-order valence-corrected chi connectivity index (χ4v) is 3.77. The van der Waals surface area contributed by atoms with E-state index in [0.717, 1.165) is 44.8 Å². The van der Waals surface area contributed by atoms with Gasteiger partial charge in [0, 0.05) is 5.56 Å². The van der Waals surface area contributed by atoms with Gasteiger partial charge in [-0.2, -0.15) is 5.10 Å². The van der Waals surface area contributed by atoms with Gasteiger partial charge in [0.15, 0.2) is 5.65 Å². The Bertz CT molecular complexity index is 1340. The Morgan fingerprint density at radius 1 is 0.767 bits per heavy atom. The number of para-hydroxylation sites is 1. The molecule has 0 radical (unpaired) electrons. The Kier molecular flexibility index (Phi) is 4.40. The summed E-state index contributed by atoms with van der Waals surface area (Å²) in [4.78, 5) is 5.00. The summed E-state index contributed by atoms with van der Waals surface area (Å²) in [6, 6.07) is 27.0. The molecule has 0 aliphatic rings. The van der Waals surface area contributed by atoms with Crippen molar-refractivity contribution in [3.63, 3.8) is 0 Å². The van der Waals surface area contributed by atoms with Gasteiger partial charge in [-0.1, -0.05) is 60.2 Å². The van der Waals surface area contributed by atoms with Crippen molar-refractivity contribution in [1.82, 2.24) is 14.8 Å². The van der Waals surface area contributed by atoms with Gasteiger partial charge in [-0.15, -0.1) is 0 Å². The monoisotopic (exact) mass is 393 g/mol. The van der Waals surface area contributed by atoms with Gasteiger partial charge in [0.05, 0.1) is 22.5 Å². The van der Waals surface area contributed by atoms with Crippen LogP contribution in [0.15, 0.2) is 84.9 Å². The third kappa shape index (κ3) is 3.16. The van der Waals surface area contributed by atoms with Crippen molar-refractivity contribution in [1.29, 1.82) is 0 Å². The average molecular weight is 393 g/mol. The van der Waals surface area contributed by atoms with Crippen molar-refractivity contribution < 1.29 is 4.39 Å². The molecular formula is C26H20FN3. The van der Waals surface area contributed by atoms with Gasteiger partial charge in [-0.3, -0.25) is 0 Å². The molecular weight excluding hydrogens is 373 g/mol. The zero-order chi connectivity index (χ0) is 20.7. The number of aromatic nitrogens is 3. The molecule has 0 amide bonds. The van der Waals surface area contributed by atoms with Crippen LogP contribution in [0.3, 0.4) is 0 Å². The first-order chi connectivity index (χ1) is 14.6. The molecule has 4 heteroatoms. The van der Waals surface area contributed by atoms with E-state index in [1.54, 1.807) is 0 Å². The van der Waals surface area contributed by atoms with Gasteiger partial charge >= 0.3 is 0 Å². The molecule has 3 aromatic carbocycles. The Hall–Kier alpha value is -3.79. The first kappa shape index (κ1) is 18.3. The van der Waals surface area contributed by atoms with Crippen molar-refractivity contribution in [2.24, 2.45) is 0 Å². The lowest BCUT2D eigenvalue weighted by molar-refractivity contribution is 0.628. The van der Waals surface area contributed by atoms with Crippen molar-refractivity contribution in [2.45, 2.75) is 13.8 Å². The van der Waals surface area contributed by atoms with Crippen LogP contribution in [0.1, 0.15) is 11.3 Å². The van der Waals surface area contributed by atoms with Gasteiger partial charge < -0.3 is 0 Å². The second-order valence-corrected chi connectivity index (χ2v) is 7.46. The number of rotatable bonds is 3. The van der Waals surface area contributed by atoms with E-state index >= 15 is 0 Å². The number of fused-ring (bicyclic) bond motifs is 1. The number of pyridine rings is 1.